The minimum absolute atomic E-state index is 0.0653. The second kappa shape index (κ2) is 9.44. The summed E-state index contributed by atoms with van der Waals surface area (Å²) in [4.78, 5) is 29.9. The smallest absolute Gasteiger partial charge is 0.359 e. The number of hydrogen-bond acceptors (Lipinski definition) is 8. The molecule has 1 aromatic heterocycles. The van der Waals surface area contributed by atoms with Crippen LogP contribution in [-0.4, -0.2) is 82.9 Å². The van der Waals surface area contributed by atoms with Gasteiger partial charge in [-0.1, -0.05) is 19.0 Å². The van der Waals surface area contributed by atoms with E-state index in [0.29, 0.717) is 31.4 Å². The fourth-order valence-corrected chi connectivity index (χ4v) is 6.82. The van der Waals surface area contributed by atoms with E-state index in [1.54, 1.807) is 46.6 Å². The minimum Gasteiger partial charge on any atom is -0.461 e. The van der Waals surface area contributed by atoms with E-state index >= 15 is 0 Å². The third-order valence-electron chi connectivity index (χ3n) is 6.54. The first-order valence-corrected chi connectivity index (χ1v) is 13.1. The summed E-state index contributed by atoms with van der Waals surface area (Å²) in [7, 11) is -2.11. The van der Waals surface area contributed by atoms with Crippen molar-refractivity contribution in [2.45, 2.75) is 68.9 Å². The number of carbonyl (C=O) groups excluding carboxylic acids is 2. The van der Waals surface area contributed by atoms with E-state index in [1.165, 1.54) is 4.68 Å². The van der Waals surface area contributed by atoms with Gasteiger partial charge in [0.05, 0.1) is 34.9 Å². The molecule has 1 amide bonds. The lowest BCUT2D eigenvalue weighted by atomic mass is 10.0. The molecule has 1 aliphatic carbocycles. The summed E-state index contributed by atoms with van der Waals surface area (Å²) >= 11 is 0. The maximum Gasteiger partial charge on any atom is 0.359 e. The van der Waals surface area contributed by atoms with Crippen molar-refractivity contribution in [3.05, 3.63) is 27.4 Å². The van der Waals surface area contributed by atoms with Crippen molar-refractivity contribution in [1.82, 2.24) is 14.7 Å². The van der Waals surface area contributed by atoms with E-state index in [9.17, 15) is 18.0 Å². The van der Waals surface area contributed by atoms with Gasteiger partial charge in [0.15, 0.2) is 15.5 Å². The molecule has 12 nitrogen and oxygen atoms in total. The van der Waals surface area contributed by atoms with Gasteiger partial charge in [0.25, 0.3) is 5.91 Å². The van der Waals surface area contributed by atoms with Crippen LogP contribution >= 0.6 is 0 Å². The summed E-state index contributed by atoms with van der Waals surface area (Å²) in [6, 6.07) is 0. The van der Waals surface area contributed by atoms with Gasteiger partial charge in [0.1, 0.15) is 5.69 Å². The highest BCUT2D eigenvalue weighted by molar-refractivity contribution is 7.94. The number of fused-ring (bicyclic) bond motifs is 1. The van der Waals surface area contributed by atoms with Gasteiger partial charge in [0, 0.05) is 30.6 Å². The second-order valence-corrected chi connectivity index (χ2v) is 13.4. The van der Waals surface area contributed by atoms with Crippen molar-refractivity contribution in [1.29, 1.82) is 0 Å². The molecule has 1 fully saturated rings. The number of hydrogen-bond donors (Lipinski definition) is 0. The van der Waals surface area contributed by atoms with Gasteiger partial charge in [-0.15, -0.1) is 0 Å². The van der Waals surface area contributed by atoms with Gasteiger partial charge >= 0.3 is 5.97 Å². The molecule has 0 saturated heterocycles. The third kappa shape index (κ3) is 5.03. The molecule has 1 saturated carbocycles. The number of nitrogens with zero attached hydrogens (tertiary/aromatic N) is 6. The zero-order valence-electron chi connectivity index (χ0n) is 21.2. The Balaban J connectivity index is 1.75. The van der Waals surface area contributed by atoms with E-state index in [-0.39, 0.29) is 43.7 Å². The van der Waals surface area contributed by atoms with Crippen molar-refractivity contribution < 1.29 is 27.5 Å². The Labute approximate surface area is 205 Å². The summed E-state index contributed by atoms with van der Waals surface area (Å²) in [6.45, 7) is 8.93. The molecule has 0 spiro atoms. The molecule has 0 aromatic carbocycles. The van der Waals surface area contributed by atoms with Crippen LogP contribution in [0.15, 0.2) is 5.11 Å². The highest BCUT2D eigenvalue weighted by Crippen LogP contribution is 2.49. The van der Waals surface area contributed by atoms with Gasteiger partial charge in [-0.3, -0.25) is 9.48 Å². The van der Waals surface area contributed by atoms with E-state index in [2.05, 4.69) is 15.1 Å². The Morgan fingerprint density at radius 3 is 2.49 bits per heavy atom. The maximum atomic E-state index is 13.7. The van der Waals surface area contributed by atoms with Crippen LogP contribution in [0.4, 0.5) is 0 Å². The maximum absolute atomic E-state index is 13.7. The van der Waals surface area contributed by atoms with Gasteiger partial charge in [-0.25, -0.2) is 13.2 Å². The molecular weight excluding hydrogens is 476 g/mol. The molecule has 0 radical (unpaired) electrons. The molecule has 0 atom stereocenters. The number of esters is 1. The lowest BCUT2D eigenvalue weighted by molar-refractivity contribution is 0.0517. The fourth-order valence-electron chi connectivity index (χ4n) is 4.44. The molecule has 2 aliphatic rings. The van der Waals surface area contributed by atoms with Crippen LogP contribution in [0.1, 0.15) is 74.0 Å². The minimum atomic E-state index is -3.70. The molecule has 1 aliphatic heterocycles. The summed E-state index contributed by atoms with van der Waals surface area (Å²) in [5, 5.41) is 7.85. The molecule has 2 heterocycles. The molecule has 35 heavy (non-hydrogen) atoms. The SMILES string of the molecule is CCOC(=O)c1nn(C)c2c1CCN(CC1(S(=O)(=O)C(C)(C)COCC(C)(C)N=[N+]=[N-])CC1)C2=O. The average Bonchev–Trinajstić information content (AvgIpc) is 3.46. The van der Waals surface area contributed by atoms with Crippen molar-refractivity contribution in [2.75, 3.05) is 32.9 Å². The standard InChI is InChI=1S/C22H34N6O6S/c1-7-34-19(30)16-15-8-11-28(18(29)17(15)27(6)24-16)12-22(9-10-22)35(31,32)21(4,5)14-33-13-20(2,3)25-26-23/h7-14H2,1-6H3. The summed E-state index contributed by atoms with van der Waals surface area (Å²) in [6.07, 6.45) is 1.30. The molecule has 0 N–H and O–H groups in total. The normalized spacial score (nSPS) is 17.5. The van der Waals surface area contributed by atoms with Crippen LogP contribution in [0.25, 0.3) is 10.4 Å². The fraction of sp³-hybridized carbons (Fsp3) is 0.773. The van der Waals surface area contributed by atoms with Crippen LogP contribution in [0, 0.1) is 0 Å². The van der Waals surface area contributed by atoms with Gasteiger partial charge in [-0.05, 0) is 45.6 Å². The number of aryl methyl sites for hydroxylation is 1. The van der Waals surface area contributed by atoms with E-state index in [0.717, 1.165) is 0 Å². The Hall–Kier alpha value is -2.63. The van der Waals surface area contributed by atoms with Crippen molar-refractivity contribution in [2.24, 2.45) is 12.2 Å². The summed E-state index contributed by atoms with van der Waals surface area (Å²) < 4.78 is 37.2. The summed E-state index contributed by atoms with van der Waals surface area (Å²) in [5.74, 6) is -0.916. The highest BCUT2D eigenvalue weighted by atomic mass is 32.2. The van der Waals surface area contributed by atoms with E-state index in [1.807, 2.05) is 0 Å². The predicted molar refractivity (Wildman–Crippen MR) is 128 cm³/mol. The lowest BCUT2D eigenvalue weighted by Gasteiger charge is -2.35. The van der Waals surface area contributed by atoms with Crippen molar-refractivity contribution in [3.63, 3.8) is 0 Å². The number of amides is 1. The Bertz CT molecular complexity index is 1160. The molecular formula is C22H34N6O6S. The quantitative estimate of drug-likeness (QED) is 0.191. The molecule has 1 aromatic rings. The van der Waals surface area contributed by atoms with Crippen molar-refractivity contribution >= 4 is 21.7 Å². The number of sulfone groups is 1. The Morgan fingerprint density at radius 2 is 1.91 bits per heavy atom. The zero-order chi connectivity index (χ0) is 26.2. The van der Waals surface area contributed by atoms with Crippen LogP contribution in [-0.2, 0) is 32.8 Å². The zero-order valence-corrected chi connectivity index (χ0v) is 22.0. The molecule has 13 heteroatoms. The molecule has 194 valence electrons. The largest absolute Gasteiger partial charge is 0.461 e. The molecule has 0 bridgehead atoms. The average molecular weight is 511 g/mol. The molecule has 3 rings (SSSR count). The first kappa shape index (κ1) is 27.0. The number of ether oxygens (including phenoxy) is 2. The number of rotatable bonds is 11. The summed E-state index contributed by atoms with van der Waals surface area (Å²) in [5.41, 5.74) is 8.82. The number of aromatic nitrogens is 2. The van der Waals surface area contributed by atoms with Gasteiger partial charge in [-0.2, -0.15) is 5.10 Å². The van der Waals surface area contributed by atoms with Crippen LogP contribution < -0.4 is 0 Å². The van der Waals surface area contributed by atoms with Crippen LogP contribution in [0.3, 0.4) is 0 Å². The monoisotopic (exact) mass is 510 g/mol. The van der Waals surface area contributed by atoms with Gasteiger partial charge in [0.2, 0.25) is 0 Å². The van der Waals surface area contributed by atoms with E-state index < -0.39 is 30.8 Å². The molecule has 0 unspecified atom stereocenters. The first-order chi connectivity index (χ1) is 16.2. The number of carbonyl (C=O) groups is 2. The van der Waals surface area contributed by atoms with Crippen molar-refractivity contribution in [3.8, 4) is 0 Å². The Morgan fingerprint density at radius 1 is 1.26 bits per heavy atom. The highest BCUT2D eigenvalue weighted by Gasteiger charge is 2.61. The van der Waals surface area contributed by atoms with Gasteiger partial charge < -0.3 is 14.4 Å². The lowest BCUT2D eigenvalue weighted by Crippen LogP contribution is -2.52. The predicted octanol–water partition coefficient (Wildman–Crippen LogP) is 2.43. The third-order valence-corrected chi connectivity index (χ3v) is 9.79. The Kier molecular flexibility index (Phi) is 7.27. The van der Waals surface area contributed by atoms with Crippen LogP contribution in [0.2, 0.25) is 0 Å². The second-order valence-electron chi connectivity index (χ2n) is 10.4. The first-order valence-electron chi connectivity index (χ1n) is 11.6. The van der Waals surface area contributed by atoms with E-state index in [4.69, 9.17) is 15.0 Å². The topological polar surface area (TPSA) is 157 Å². The number of azide groups is 1. The van der Waals surface area contributed by atoms with Crippen LogP contribution in [0.5, 0.6) is 0 Å².